The van der Waals surface area contributed by atoms with Gasteiger partial charge in [-0.25, -0.2) is 4.39 Å². The molecule has 7 heteroatoms. The quantitative estimate of drug-likeness (QED) is 0.465. The van der Waals surface area contributed by atoms with Crippen molar-refractivity contribution in [3.8, 4) is 0 Å². The normalized spacial score (nSPS) is 10.3. The fraction of sp³-hybridized carbons (Fsp3) is 0. The van der Waals surface area contributed by atoms with Crippen molar-refractivity contribution in [1.29, 1.82) is 0 Å². The van der Waals surface area contributed by atoms with E-state index in [1.165, 1.54) is 18.2 Å². The topological polar surface area (TPSA) is 58.2 Å². The summed E-state index contributed by atoms with van der Waals surface area (Å²) < 4.78 is 14.0. The molecule has 0 unspecified atom stereocenters. The Morgan fingerprint density at radius 1 is 0.852 bits per heavy atom. The number of amides is 2. The van der Waals surface area contributed by atoms with Crippen LogP contribution in [0, 0.1) is 9.39 Å². The van der Waals surface area contributed by atoms with E-state index in [-0.39, 0.29) is 10.9 Å². The third kappa shape index (κ3) is 4.84. The summed E-state index contributed by atoms with van der Waals surface area (Å²) in [5, 5.41) is 5.35. The molecule has 0 aliphatic rings. The molecule has 0 radical (unpaired) electrons. The van der Waals surface area contributed by atoms with Gasteiger partial charge in [0.05, 0.1) is 10.6 Å². The second kappa shape index (κ2) is 8.49. The van der Waals surface area contributed by atoms with Crippen LogP contribution < -0.4 is 10.6 Å². The van der Waals surface area contributed by atoms with Crippen LogP contribution in [-0.4, -0.2) is 11.8 Å². The van der Waals surface area contributed by atoms with Gasteiger partial charge in [0.15, 0.2) is 0 Å². The highest BCUT2D eigenvalue weighted by Gasteiger charge is 2.12. The Morgan fingerprint density at radius 3 is 2.30 bits per heavy atom. The standard InChI is InChI=1S/C20H13ClFIN2O2/c21-16-11-14(8-9-17(16)22)24-19(26)12-4-3-5-13(10-12)25-20(27)15-6-1-2-7-18(15)23/h1-11H,(H,24,26)(H,25,27). The zero-order valence-corrected chi connectivity index (χ0v) is 16.7. The summed E-state index contributed by atoms with van der Waals surface area (Å²) in [6.07, 6.45) is 0. The van der Waals surface area contributed by atoms with Gasteiger partial charge < -0.3 is 10.6 Å². The SMILES string of the molecule is O=C(Nc1ccc(F)c(Cl)c1)c1cccc(NC(=O)c2ccccc2I)c1. The number of hydrogen-bond acceptors (Lipinski definition) is 2. The van der Waals surface area contributed by atoms with Crippen LogP contribution in [0.25, 0.3) is 0 Å². The van der Waals surface area contributed by atoms with Crippen molar-refractivity contribution in [1.82, 2.24) is 0 Å². The Balaban J connectivity index is 1.74. The maximum Gasteiger partial charge on any atom is 0.256 e. The van der Waals surface area contributed by atoms with Gasteiger partial charge in [0.25, 0.3) is 11.8 Å². The lowest BCUT2D eigenvalue weighted by molar-refractivity contribution is 0.101. The Morgan fingerprint density at radius 2 is 1.56 bits per heavy atom. The molecule has 3 aromatic carbocycles. The second-order valence-electron chi connectivity index (χ2n) is 5.60. The Kier molecular flexibility index (Phi) is 6.08. The van der Waals surface area contributed by atoms with E-state index >= 15 is 0 Å². The van der Waals surface area contributed by atoms with E-state index < -0.39 is 11.7 Å². The van der Waals surface area contributed by atoms with Crippen LogP contribution in [0.15, 0.2) is 66.7 Å². The van der Waals surface area contributed by atoms with Gasteiger partial charge >= 0.3 is 0 Å². The molecule has 0 aliphatic heterocycles. The third-order valence-electron chi connectivity index (χ3n) is 3.68. The molecule has 2 N–H and O–H groups in total. The molecule has 0 fully saturated rings. The molecular weight excluding hydrogens is 482 g/mol. The van der Waals surface area contributed by atoms with Crippen molar-refractivity contribution >= 4 is 57.4 Å². The van der Waals surface area contributed by atoms with E-state index in [1.54, 1.807) is 36.4 Å². The summed E-state index contributed by atoms with van der Waals surface area (Å²) in [5.41, 5.74) is 1.76. The van der Waals surface area contributed by atoms with Gasteiger partial charge in [0.1, 0.15) is 5.82 Å². The van der Waals surface area contributed by atoms with Crippen LogP contribution in [0.2, 0.25) is 5.02 Å². The van der Waals surface area contributed by atoms with Crippen LogP contribution in [-0.2, 0) is 0 Å². The lowest BCUT2D eigenvalue weighted by atomic mass is 10.1. The fourth-order valence-electron chi connectivity index (χ4n) is 2.36. The van der Waals surface area contributed by atoms with E-state index in [2.05, 4.69) is 33.2 Å². The minimum atomic E-state index is -0.560. The first kappa shape index (κ1) is 19.3. The minimum absolute atomic E-state index is 0.0775. The first-order chi connectivity index (χ1) is 12.9. The molecule has 0 saturated heterocycles. The van der Waals surface area contributed by atoms with Gasteiger partial charge in [-0.3, -0.25) is 9.59 Å². The van der Waals surface area contributed by atoms with Crippen LogP contribution >= 0.6 is 34.2 Å². The van der Waals surface area contributed by atoms with Crippen molar-refractivity contribution in [3.05, 3.63) is 92.3 Å². The number of nitrogens with one attached hydrogen (secondary N) is 2. The predicted octanol–water partition coefficient (Wildman–Crippen LogP) is 5.59. The number of anilines is 2. The van der Waals surface area contributed by atoms with Gasteiger partial charge in [-0.05, 0) is 71.1 Å². The van der Waals surface area contributed by atoms with Crippen molar-refractivity contribution in [2.75, 3.05) is 10.6 Å². The van der Waals surface area contributed by atoms with E-state index in [9.17, 15) is 14.0 Å². The van der Waals surface area contributed by atoms with E-state index in [4.69, 9.17) is 11.6 Å². The zero-order valence-electron chi connectivity index (χ0n) is 13.8. The molecule has 0 spiro atoms. The predicted molar refractivity (Wildman–Crippen MR) is 113 cm³/mol. The molecule has 0 bridgehead atoms. The molecule has 0 heterocycles. The lowest BCUT2D eigenvalue weighted by Crippen LogP contribution is -2.15. The Bertz CT molecular complexity index is 1030. The highest BCUT2D eigenvalue weighted by molar-refractivity contribution is 14.1. The van der Waals surface area contributed by atoms with E-state index in [0.717, 1.165) is 3.57 Å². The van der Waals surface area contributed by atoms with Gasteiger partial charge in [0, 0.05) is 20.5 Å². The number of benzene rings is 3. The first-order valence-electron chi connectivity index (χ1n) is 7.86. The number of rotatable bonds is 4. The number of halogens is 3. The maximum absolute atomic E-state index is 13.2. The lowest BCUT2D eigenvalue weighted by Gasteiger charge is -2.09. The molecule has 27 heavy (non-hydrogen) atoms. The minimum Gasteiger partial charge on any atom is -0.322 e. The molecular formula is C20H13ClFIN2O2. The average Bonchev–Trinajstić information content (AvgIpc) is 2.65. The first-order valence-corrected chi connectivity index (χ1v) is 9.32. The van der Waals surface area contributed by atoms with Gasteiger partial charge in [-0.15, -0.1) is 0 Å². The average molecular weight is 495 g/mol. The Hall–Kier alpha value is -2.45. The van der Waals surface area contributed by atoms with Gasteiger partial charge in [-0.1, -0.05) is 29.8 Å². The highest BCUT2D eigenvalue weighted by atomic mass is 127. The van der Waals surface area contributed by atoms with E-state index in [0.29, 0.717) is 22.5 Å². The van der Waals surface area contributed by atoms with Crippen molar-refractivity contribution < 1.29 is 14.0 Å². The summed E-state index contributed by atoms with van der Waals surface area (Å²) in [5.74, 6) is -1.22. The number of carbonyl (C=O) groups is 2. The summed E-state index contributed by atoms with van der Waals surface area (Å²) in [6.45, 7) is 0. The summed E-state index contributed by atoms with van der Waals surface area (Å²) in [7, 11) is 0. The van der Waals surface area contributed by atoms with Gasteiger partial charge in [0.2, 0.25) is 0 Å². The van der Waals surface area contributed by atoms with Crippen molar-refractivity contribution in [2.45, 2.75) is 0 Å². The molecule has 0 saturated carbocycles. The molecule has 136 valence electrons. The number of carbonyl (C=O) groups excluding carboxylic acids is 2. The Labute approximate surface area is 173 Å². The van der Waals surface area contributed by atoms with Gasteiger partial charge in [-0.2, -0.15) is 0 Å². The van der Waals surface area contributed by atoms with E-state index in [1.807, 2.05) is 12.1 Å². The van der Waals surface area contributed by atoms with Crippen molar-refractivity contribution in [2.24, 2.45) is 0 Å². The largest absolute Gasteiger partial charge is 0.322 e. The summed E-state index contributed by atoms with van der Waals surface area (Å²) >= 11 is 7.81. The van der Waals surface area contributed by atoms with Crippen LogP contribution in [0.1, 0.15) is 20.7 Å². The monoisotopic (exact) mass is 494 g/mol. The smallest absolute Gasteiger partial charge is 0.256 e. The molecule has 0 atom stereocenters. The third-order valence-corrected chi connectivity index (χ3v) is 4.91. The molecule has 2 amide bonds. The highest BCUT2D eigenvalue weighted by Crippen LogP contribution is 2.21. The second-order valence-corrected chi connectivity index (χ2v) is 7.17. The molecule has 3 aromatic rings. The van der Waals surface area contributed by atoms with Crippen molar-refractivity contribution in [3.63, 3.8) is 0 Å². The summed E-state index contributed by atoms with van der Waals surface area (Å²) in [6, 6.07) is 17.7. The summed E-state index contributed by atoms with van der Waals surface area (Å²) in [4.78, 5) is 24.8. The molecule has 0 aromatic heterocycles. The molecule has 0 aliphatic carbocycles. The maximum atomic E-state index is 13.2. The van der Waals surface area contributed by atoms with Crippen LogP contribution in [0.4, 0.5) is 15.8 Å². The number of hydrogen-bond donors (Lipinski definition) is 2. The molecule has 4 nitrogen and oxygen atoms in total. The van der Waals surface area contributed by atoms with Crippen LogP contribution in [0.5, 0.6) is 0 Å². The van der Waals surface area contributed by atoms with Crippen LogP contribution in [0.3, 0.4) is 0 Å². The molecule has 3 rings (SSSR count). The zero-order chi connectivity index (χ0) is 19.4. The fourth-order valence-corrected chi connectivity index (χ4v) is 3.17.